The topological polar surface area (TPSA) is 70.5 Å². The van der Waals surface area contributed by atoms with Crippen LogP contribution >= 0.6 is 0 Å². The lowest BCUT2D eigenvalue weighted by Gasteiger charge is -2.24. The second-order valence-corrected chi connectivity index (χ2v) is 4.73. The number of carbonyl (C=O) groups excluding carboxylic acids is 1. The van der Waals surface area contributed by atoms with Crippen LogP contribution in [0.5, 0.6) is 0 Å². The molecular formula is C13H16N2O3. The van der Waals surface area contributed by atoms with Gasteiger partial charge >= 0.3 is 5.97 Å². The lowest BCUT2D eigenvalue weighted by molar-refractivity contribution is 0.0689. The molecule has 0 spiro atoms. The number of hydrogen-bond donors (Lipinski definition) is 1. The van der Waals surface area contributed by atoms with Gasteiger partial charge in [0.05, 0.1) is 5.56 Å². The summed E-state index contributed by atoms with van der Waals surface area (Å²) in [7, 11) is 1.76. The average Bonchev–Trinajstić information content (AvgIpc) is 3.20. The third-order valence-electron chi connectivity index (χ3n) is 3.47. The number of aromatic carboxylic acids is 1. The maximum atomic E-state index is 12.1. The summed E-state index contributed by atoms with van der Waals surface area (Å²) in [6.45, 7) is 2.03. The van der Waals surface area contributed by atoms with Crippen LogP contribution in [0.4, 0.5) is 0 Å². The van der Waals surface area contributed by atoms with Crippen LogP contribution in [0.1, 0.15) is 40.6 Å². The van der Waals surface area contributed by atoms with E-state index in [4.69, 9.17) is 5.11 Å². The van der Waals surface area contributed by atoms with Gasteiger partial charge in [0, 0.05) is 19.3 Å². The molecule has 96 valence electrons. The first-order chi connectivity index (χ1) is 8.50. The third kappa shape index (κ3) is 2.50. The first-order valence-electron chi connectivity index (χ1n) is 5.97. The number of nitrogens with zero attached hydrogens (tertiary/aromatic N) is 2. The van der Waals surface area contributed by atoms with Crippen molar-refractivity contribution in [1.29, 1.82) is 0 Å². The Balaban J connectivity index is 2.10. The smallest absolute Gasteiger partial charge is 0.337 e. The molecule has 18 heavy (non-hydrogen) atoms. The van der Waals surface area contributed by atoms with E-state index in [-0.39, 0.29) is 23.2 Å². The van der Waals surface area contributed by atoms with Crippen molar-refractivity contribution in [2.24, 2.45) is 5.92 Å². The summed E-state index contributed by atoms with van der Waals surface area (Å²) in [5.74, 6) is -0.607. The predicted octanol–water partition coefficient (Wildman–Crippen LogP) is 1.65. The van der Waals surface area contributed by atoms with Crippen molar-refractivity contribution in [3.05, 3.63) is 29.6 Å². The van der Waals surface area contributed by atoms with Crippen LogP contribution in [-0.4, -0.2) is 40.0 Å². The normalized spacial score (nSPS) is 16.1. The van der Waals surface area contributed by atoms with Gasteiger partial charge in [0.2, 0.25) is 0 Å². The highest BCUT2D eigenvalue weighted by Crippen LogP contribution is 2.34. The maximum Gasteiger partial charge on any atom is 0.337 e. The van der Waals surface area contributed by atoms with Crippen molar-refractivity contribution < 1.29 is 14.7 Å². The van der Waals surface area contributed by atoms with E-state index >= 15 is 0 Å². The van der Waals surface area contributed by atoms with Crippen LogP contribution in [0.15, 0.2) is 18.3 Å². The van der Waals surface area contributed by atoms with Gasteiger partial charge in [-0.1, -0.05) is 0 Å². The lowest BCUT2D eigenvalue weighted by Crippen LogP contribution is -2.36. The Morgan fingerprint density at radius 2 is 2.11 bits per heavy atom. The summed E-state index contributed by atoms with van der Waals surface area (Å²) in [5, 5.41) is 8.76. The van der Waals surface area contributed by atoms with Gasteiger partial charge in [-0.2, -0.15) is 0 Å². The number of aromatic nitrogens is 1. The minimum Gasteiger partial charge on any atom is -0.478 e. The molecule has 1 atom stereocenters. The molecule has 1 saturated carbocycles. The molecule has 0 bridgehead atoms. The predicted molar refractivity (Wildman–Crippen MR) is 65.5 cm³/mol. The molecule has 1 fully saturated rings. The number of carboxylic acids is 1. The van der Waals surface area contributed by atoms with Crippen molar-refractivity contribution in [2.75, 3.05) is 7.05 Å². The Morgan fingerprint density at radius 3 is 2.56 bits per heavy atom. The molecule has 1 aliphatic rings. The van der Waals surface area contributed by atoms with Gasteiger partial charge < -0.3 is 10.0 Å². The summed E-state index contributed by atoms with van der Waals surface area (Å²) in [6, 6.07) is 3.07. The molecule has 1 aliphatic carbocycles. The van der Waals surface area contributed by atoms with Gasteiger partial charge in [-0.15, -0.1) is 0 Å². The zero-order valence-electron chi connectivity index (χ0n) is 10.5. The molecule has 2 rings (SSSR count). The van der Waals surface area contributed by atoms with Crippen LogP contribution in [0.2, 0.25) is 0 Å². The van der Waals surface area contributed by atoms with Crippen LogP contribution in [0.25, 0.3) is 0 Å². The van der Waals surface area contributed by atoms with Crippen LogP contribution < -0.4 is 0 Å². The maximum absolute atomic E-state index is 12.1. The Hall–Kier alpha value is -1.91. The Morgan fingerprint density at radius 1 is 1.44 bits per heavy atom. The monoisotopic (exact) mass is 248 g/mol. The fourth-order valence-electron chi connectivity index (χ4n) is 1.91. The van der Waals surface area contributed by atoms with Crippen molar-refractivity contribution in [2.45, 2.75) is 25.8 Å². The van der Waals surface area contributed by atoms with E-state index in [1.54, 1.807) is 11.9 Å². The number of rotatable bonds is 4. The molecule has 5 heteroatoms. The molecule has 0 aromatic carbocycles. The van der Waals surface area contributed by atoms with Crippen LogP contribution in [0.3, 0.4) is 0 Å². The molecule has 1 N–H and O–H groups in total. The van der Waals surface area contributed by atoms with Gasteiger partial charge in [0.15, 0.2) is 0 Å². The molecule has 1 aromatic heterocycles. The van der Waals surface area contributed by atoms with E-state index < -0.39 is 5.97 Å². The highest BCUT2D eigenvalue weighted by molar-refractivity contribution is 5.93. The summed E-state index contributed by atoms with van der Waals surface area (Å²) < 4.78 is 0. The van der Waals surface area contributed by atoms with E-state index in [0.29, 0.717) is 5.92 Å². The van der Waals surface area contributed by atoms with Crippen molar-refractivity contribution in [3.8, 4) is 0 Å². The zero-order chi connectivity index (χ0) is 13.3. The third-order valence-corrected chi connectivity index (χ3v) is 3.47. The number of hydrogen-bond acceptors (Lipinski definition) is 3. The van der Waals surface area contributed by atoms with E-state index in [0.717, 1.165) is 0 Å². The summed E-state index contributed by atoms with van der Waals surface area (Å²) in [6.07, 6.45) is 3.56. The molecular weight excluding hydrogens is 232 g/mol. The first kappa shape index (κ1) is 12.5. The summed E-state index contributed by atoms with van der Waals surface area (Å²) in [4.78, 5) is 28.4. The average molecular weight is 248 g/mol. The lowest BCUT2D eigenvalue weighted by atomic mass is 10.1. The summed E-state index contributed by atoms with van der Waals surface area (Å²) >= 11 is 0. The van der Waals surface area contributed by atoms with E-state index in [1.165, 1.54) is 31.2 Å². The Kier molecular flexibility index (Phi) is 3.32. The minimum atomic E-state index is -1.04. The highest BCUT2D eigenvalue weighted by Gasteiger charge is 2.33. The van der Waals surface area contributed by atoms with Crippen molar-refractivity contribution in [3.63, 3.8) is 0 Å². The second-order valence-electron chi connectivity index (χ2n) is 4.73. The fraction of sp³-hybridized carbons (Fsp3) is 0.462. The molecule has 0 aliphatic heterocycles. The Labute approximate surface area is 105 Å². The first-order valence-corrected chi connectivity index (χ1v) is 5.97. The van der Waals surface area contributed by atoms with Gasteiger partial charge in [-0.3, -0.25) is 9.78 Å². The molecule has 1 aromatic rings. The van der Waals surface area contributed by atoms with Crippen LogP contribution in [-0.2, 0) is 0 Å². The van der Waals surface area contributed by atoms with Crippen molar-refractivity contribution >= 4 is 11.9 Å². The van der Waals surface area contributed by atoms with Crippen LogP contribution in [0, 0.1) is 5.92 Å². The molecule has 0 saturated heterocycles. The van der Waals surface area contributed by atoms with Gasteiger partial charge in [-0.25, -0.2) is 4.79 Å². The number of pyridine rings is 1. The molecule has 1 unspecified atom stereocenters. The minimum absolute atomic E-state index is 0.0874. The Bertz CT molecular complexity index is 466. The quantitative estimate of drug-likeness (QED) is 0.879. The largest absolute Gasteiger partial charge is 0.478 e. The molecule has 0 radical (unpaired) electrons. The van der Waals surface area contributed by atoms with E-state index in [2.05, 4.69) is 4.98 Å². The van der Waals surface area contributed by atoms with E-state index in [9.17, 15) is 9.59 Å². The van der Waals surface area contributed by atoms with E-state index in [1.807, 2.05) is 6.92 Å². The zero-order valence-corrected chi connectivity index (χ0v) is 10.5. The van der Waals surface area contributed by atoms with Gasteiger partial charge in [0.1, 0.15) is 5.69 Å². The summed E-state index contributed by atoms with van der Waals surface area (Å²) in [5.41, 5.74) is 0.374. The highest BCUT2D eigenvalue weighted by atomic mass is 16.4. The van der Waals surface area contributed by atoms with Crippen molar-refractivity contribution in [1.82, 2.24) is 9.88 Å². The number of carboxylic acid groups (broad SMARTS) is 1. The SMILES string of the molecule is CC(C1CC1)N(C)C(=O)c1ccc(C(=O)O)cn1. The fourth-order valence-corrected chi connectivity index (χ4v) is 1.91. The number of amides is 1. The second kappa shape index (κ2) is 4.76. The van der Waals surface area contributed by atoms with Gasteiger partial charge in [0.25, 0.3) is 5.91 Å². The molecule has 5 nitrogen and oxygen atoms in total. The standard InChI is InChI=1S/C13H16N2O3/c1-8(9-3-4-9)15(2)12(16)11-6-5-10(7-14-11)13(17)18/h5-9H,3-4H2,1-2H3,(H,17,18). The molecule has 1 amide bonds. The van der Waals surface area contributed by atoms with Gasteiger partial charge in [-0.05, 0) is 37.8 Å². The number of carbonyl (C=O) groups is 2. The molecule has 1 heterocycles.